The fourth-order valence-corrected chi connectivity index (χ4v) is 4.20. The number of rotatable bonds is 5. The minimum absolute atomic E-state index is 0.0127. The summed E-state index contributed by atoms with van der Waals surface area (Å²) in [5.41, 5.74) is 2.18. The number of hydrogen-bond donors (Lipinski definition) is 2. The van der Waals surface area contributed by atoms with Crippen LogP contribution >= 0.6 is 0 Å². The van der Waals surface area contributed by atoms with Crippen molar-refractivity contribution in [1.29, 1.82) is 0 Å². The highest BCUT2D eigenvalue weighted by Gasteiger charge is 2.75. The van der Waals surface area contributed by atoms with Gasteiger partial charge < -0.3 is 10.4 Å². The van der Waals surface area contributed by atoms with Gasteiger partial charge in [-0.15, -0.1) is 0 Å². The van der Waals surface area contributed by atoms with Crippen molar-refractivity contribution in [3.63, 3.8) is 0 Å². The van der Waals surface area contributed by atoms with Crippen molar-refractivity contribution in [2.45, 2.75) is 32.2 Å². The van der Waals surface area contributed by atoms with Crippen LogP contribution in [0.5, 0.6) is 0 Å². The van der Waals surface area contributed by atoms with Crippen molar-refractivity contribution >= 4 is 11.9 Å². The van der Waals surface area contributed by atoms with Crippen molar-refractivity contribution in [3.8, 4) is 11.1 Å². The summed E-state index contributed by atoms with van der Waals surface area (Å²) in [4.78, 5) is 27.7. The van der Waals surface area contributed by atoms with Gasteiger partial charge in [-0.2, -0.15) is 0 Å². The van der Waals surface area contributed by atoms with Crippen LogP contribution in [0.2, 0.25) is 0 Å². The molecule has 1 heterocycles. The van der Waals surface area contributed by atoms with E-state index in [1.54, 1.807) is 12.4 Å². The average Bonchev–Trinajstić information content (AvgIpc) is 2.53. The summed E-state index contributed by atoms with van der Waals surface area (Å²) in [6, 6.07) is 11.9. The molecule has 3 saturated carbocycles. The molecule has 1 amide bonds. The Morgan fingerprint density at radius 3 is 2.12 bits per heavy atom. The summed E-state index contributed by atoms with van der Waals surface area (Å²) in [6.45, 7) is 1.96. The molecule has 0 radical (unpaired) electrons. The summed E-state index contributed by atoms with van der Waals surface area (Å²) in [7, 11) is 0. The molecule has 1 aromatic heterocycles. The number of aliphatic carboxylic acids is 1. The van der Waals surface area contributed by atoms with Crippen LogP contribution in [0.4, 0.5) is 0 Å². The first-order valence-corrected chi connectivity index (χ1v) is 8.49. The van der Waals surface area contributed by atoms with E-state index in [9.17, 15) is 14.7 Å². The maximum Gasteiger partial charge on any atom is 0.309 e. The van der Waals surface area contributed by atoms with E-state index in [2.05, 4.69) is 10.3 Å². The zero-order valence-electron chi connectivity index (χ0n) is 14.0. The number of pyridine rings is 1. The summed E-state index contributed by atoms with van der Waals surface area (Å²) >= 11 is 0. The second-order valence-electron chi connectivity index (χ2n) is 7.45. The number of aromatic nitrogens is 1. The smallest absolute Gasteiger partial charge is 0.309 e. The van der Waals surface area contributed by atoms with Crippen LogP contribution in [0.25, 0.3) is 11.1 Å². The maximum atomic E-state index is 12.5. The Morgan fingerprint density at radius 1 is 1.00 bits per heavy atom. The molecule has 1 atom stereocenters. The third kappa shape index (κ3) is 2.42. The van der Waals surface area contributed by atoms with Gasteiger partial charge in [-0.1, -0.05) is 24.3 Å². The van der Waals surface area contributed by atoms with Crippen LogP contribution in [0, 0.1) is 10.8 Å². The molecule has 25 heavy (non-hydrogen) atoms. The molecule has 1 unspecified atom stereocenters. The normalized spacial score (nSPS) is 27.6. The van der Waals surface area contributed by atoms with Gasteiger partial charge in [0.25, 0.3) is 0 Å². The molecule has 0 aliphatic heterocycles. The van der Waals surface area contributed by atoms with Gasteiger partial charge in [0.2, 0.25) is 5.91 Å². The van der Waals surface area contributed by atoms with Gasteiger partial charge in [0.05, 0.1) is 16.9 Å². The highest BCUT2D eigenvalue weighted by molar-refractivity contribution is 5.93. The van der Waals surface area contributed by atoms with E-state index in [1.165, 1.54) is 0 Å². The SMILES string of the molecule is CC(NC(=O)C12CC(C(=O)O)(C1)C2)c1ccc(-c2ccncc2)cc1. The highest BCUT2D eigenvalue weighted by atomic mass is 16.4. The summed E-state index contributed by atoms with van der Waals surface area (Å²) in [5.74, 6) is -0.775. The van der Waals surface area contributed by atoms with E-state index < -0.39 is 16.8 Å². The van der Waals surface area contributed by atoms with E-state index in [0.717, 1.165) is 16.7 Å². The molecule has 2 aromatic rings. The topological polar surface area (TPSA) is 79.3 Å². The molecular formula is C20H20N2O3. The molecule has 2 N–H and O–H groups in total. The fourth-order valence-electron chi connectivity index (χ4n) is 4.20. The number of benzene rings is 1. The third-order valence-corrected chi connectivity index (χ3v) is 5.74. The Kier molecular flexibility index (Phi) is 3.42. The largest absolute Gasteiger partial charge is 0.481 e. The van der Waals surface area contributed by atoms with Crippen molar-refractivity contribution in [1.82, 2.24) is 10.3 Å². The van der Waals surface area contributed by atoms with Crippen LogP contribution < -0.4 is 5.32 Å². The van der Waals surface area contributed by atoms with E-state index in [-0.39, 0.29) is 11.9 Å². The van der Waals surface area contributed by atoms with Gasteiger partial charge >= 0.3 is 5.97 Å². The number of amides is 1. The van der Waals surface area contributed by atoms with Crippen LogP contribution in [-0.4, -0.2) is 22.0 Å². The number of carbonyl (C=O) groups excluding carboxylic acids is 1. The maximum absolute atomic E-state index is 12.5. The van der Waals surface area contributed by atoms with E-state index in [4.69, 9.17) is 0 Å². The third-order valence-electron chi connectivity index (χ3n) is 5.74. The standard InChI is InChI=1S/C20H20N2O3/c1-13(22-17(23)19-10-20(11-19,12-19)18(24)25)14-2-4-15(5-3-14)16-6-8-21-9-7-16/h2-9,13H,10-12H2,1H3,(H,22,23)(H,24,25). The lowest BCUT2D eigenvalue weighted by molar-refractivity contribution is -0.220. The molecule has 3 aliphatic carbocycles. The zero-order valence-corrected chi connectivity index (χ0v) is 14.0. The van der Waals surface area contributed by atoms with E-state index >= 15 is 0 Å². The molecule has 3 aliphatic rings. The first-order chi connectivity index (χ1) is 11.9. The van der Waals surface area contributed by atoms with Crippen molar-refractivity contribution in [3.05, 3.63) is 54.4 Å². The van der Waals surface area contributed by atoms with Gasteiger partial charge in [0, 0.05) is 12.4 Å². The monoisotopic (exact) mass is 336 g/mol. The van der Waals surface area contributed by atoms with Crippen LogP contribution in [-0.2, 0) is 9.59 Å². The summed E-state index contributed by atoms with van der Waals surface area (Å²) in [5, 5.41) is 12.2. The average molecular weight is 336 g/mol. The number of carbonyl (C=O) groups is 2. The molecule has 128 valence electrons. The molecule has 1 aromatic carbocycles. The second kappa shape index (κ2) is 5.41. The number of carboxylic acid groups (broad SMARTS) is 1. The van der Waals surface area contributed by atoms with Crippen molar-refractivity contribution < 1.29 is 14.7 Å². The molecule has 5 heteroatoms. The highest BCUT2D eigenvalue weighted by Crippen LogP contribution is 2.73. The summed E-state index contributed by atoms with van der Waals surface area (Å²) < 4.78 is 0. The van der Waals surface area contributed by atoms with Gasteiger partial charge in [-0.05, 0) is 55.0 Å². The number of nitrogens with zero attached hydrogens (tertiary/aromatic N) is 1. The van der Waals surface area contributed by atoms with Crippen LogP contribution in [0.3, 0.4) is 0 Å². The molecule has 3 fully saturated rings. The van der Waals surface area contributed by atoms with Gasteiger partial charge in [-0.3, -0.25) is 14.6 Å². The Labute approximate surface area is 146 Å². The van der Waals surface area contributed by atoms with Crippen molar-refractivity contribution in [2.24, 2.45) is 10.8 Å². The Bertz CT molecular complexity index is 810. The second-order valence-corrected chi connectivity index (χ2v) is 7.45. The molecular weight excluding hydrogens is 316 g/mol. The minimum Gasteiger partial charge on any atom is -0.481 e. The molecule has 0 spiro atoms. The zero-order chi connectivity index (χ0) is 17.7. The quantitative estimate of drug-likeness (QED) is 0.879. The number of carboxylic acids is 1. The number of hydrogen-bond acceptors (Lipinski definition) is 3. The minimum atomic E-state index is -0.762. The Morgan fingerprint density at radius 2 is 1.56 bits per heavy atom. The predicted octanol–water partition coefficient (Wildman–Crippen LogP) is 3.18. The van der Waals surface area contributed by atoms with E-state index in [0.29, 0.717) is 19.3 Å². The van der Waals surface area contributed by atoms with Gasteiger partial charge in [-0.25, -0.2) is 0 Å². The Balaban J connectivity index is 1.40. The molecule has 0 saturated heterocycles. The molecule has 5 rings (SSSR count). The van der Waals surface area contributed by atoms with E-state index in [1.807, 2.05) is 43.3 Å². The lowest BCUT2D eigenvalue weighted by atomic mass is 9.35. The van der Waals surface area contributed by atoms with Crippen molar-refractivity contribution in [2.75, 3.05) is 0 Å². The Hall–Kier alpha value is -2.69. The molecule has 2 bridgehead atoms. The lowest BCUT2D eigenvalue weighted by Crippen LogP contribution is -2.70. The lowest BCUT2D eigenvalue weighted by Gasteiger charge is -2.66. The predicted molar refractivity (Wildman–Crippen MR) is 92.6 cm³/mol. The first-order valence-electron chi connectivity index (χ1n) is 8.49. The van der Waals surface area contributed by atoms with Gasteiger partial charge in [0.15, 0.2) is 0 Å². The van der Waals surface area contributed by atoms with Gasteiger partial charge in [0.1, 0.15) is 0 Å². The van der Waals surface area contributed by atoms with Crippen LogP contribution in [0.15, 0.2) is 48.8 Å². The summed E-state index contributed by atoms with van der Waals surface area (Å²) in [6.07, 6.45) is 4.97. The fraction of sp³-hybridized carbons (Fsp3) is 0.350. The number of nitrogens with one attached hydrogen (secondary N) is 1. The van der Waals surface area contributed by atoms with Crippen LogP contribution in [0.1, 0.15) is 37.8 Å². The first kappa shape index (κ1) is 15.8. The molecule has 5 nitrogen and oxygen atoms in total.